The predicted molar refractivity (Wildman–Crippen MR) is 48.0 cm³/mol. The van der Waals surface area contributed by atoms with Crippen molar-refractivity contribution in [1.29, 1.82) is 0 Å². The second-order valence-electron chi connectivity index (χ2n) is 3.52. The molecule has 0 amide bonds. The van der Waals surface area contributed by atoms with Gasteiger partial charge in [0.15, 0.2) is 0 Å². The first-order valence-corrected chi connectivity index (χ1v) is 4.77. The second kappa shape index (κ2) is 2.24. The van der Waals surface area contributed by atoms with Crippen LogP contribution >= 0.6 is 11.8 Å². The number of aromatic nitrogens is 1. The molecule has 1 aromatic rings. The molecule has 0 unspecified atom stereocenters. The molecule has 58 valence electrons. The molecule has 1 aliphatic rings. The number of rotatable bonds is 0. The fourth-order valence-corrected chi connectivity index (χ4v) is 2.64. The van der Waals surface area contributed by atoms with Crippen molar-refractivity contribution in [2.24, 2.45) is 0 Å². The van der Waals surface area contributed by atoms with Crippen molar-refractivity contribution in [2.75, 3.05) is 5.75 Å². The monoisotopic (exact) mass is 165 g/mol. The maximum absolute atomic E-state index is 4.39. The van der Waals surface area contributed by atoms with Crippen LogP contribution in [0.1, 0.15) is 19.5 Å². The Bertz CT molecular complexity index is 281. The normalized spacial score (nSPS) is 19.8. The summed E-state index contributed by atoms with van der Waals surface area (Å²) in [6.07, 6.45) is 1.88. The van der Waals surface area contributed by atoms with Crippen LogP contribution in [0.5, 0.6) is 0 Å². The molecule has 0 radical (unpaired) electrons. The first-order valence-electron chi connectivity index (χ1n) is 3.78. The Morgan fingerprint density at radius 1 is 1.55 bits per heavy atom. The highest BCUT2D eigenvalue weighted by Gasteiger charge is 2.31. The van der Waals surface area contributed by atoms with E-state index in [9.17, 15) is 0 Å². The number of hydrogen-bond acceptors (Lipinski definition) is 2. The highest BCUT2D eigenvalue weighted by atomic mass is 32.2. The Morgan fingerprint density at radius 2 is 2.36 bits per heavy atom. The van der Waals surface area contributed by atoms with E-state index in [1.165, 1.54) is 16.3 Å². The minimum atomic E-state index is 0.279. The van der Waals surface area contributed by atoms with E-state index in [1.807, 2.05) is 24.0 Å². The minimum absolute atomic E-state index is 0.279. The topological polar surface area (TPSA) is 12.9 Å². The summed E-state index contributed by atoms with van der Waals surface area (Å²) in [6.45, 7) is 4.50. The molecule has 11 heavy (non-hydrogen) atoms. The summed E-state index contributed by atoms with van der Waals surface area (Å²) < 4.78 is 0. The van der Waals surface area contributed by atoms with Gasteiger partial charge < -0.3 is 0 Å². The third-order valence-corrected chi connectivity index (χ3v) is 3.51. The van der Waals surface area contributed by atoms with Gasteiger partial charge in [0.05, 0.1) is 5.69 Å². The Hall–Kier alpha value is -0.500. The maximum atomic E-state index is 4.39. The summed E-state index contributed by atoms with van der Waals surface area (Å²) in [5.74, 6) is 1.17. The summed E-state index contributed by atoms with van der Waals surface area (Å²) in [6, 6.07) is 4.16. The van der Waals surface area contributed by atoms with Gasteiger partial charge in [0, 0.05) is 22.3 Å². The standard InChI is InChI=1S/C9H11NS/c1-9(2)6-11-7-4-3-5-10-8(7)9/h3-5H,6H2,1-2H3. The quantitative estimate of drug-likeness (QED) is 0.585. The van der Waals surface area contributed by atoms with Crippen molar-refractivity contribution in [3.8, 4) is 0 Å². The van der Waals surface area contributed by atoms with Crippen LogP contribution in [0.2, 0.25) is 0 Å². The van der Waals surface area contributed by atoms with E-state index in [4.69, 9.17) is 0 Å². The van der Waals surface area contributed by atoms with Crippen LogP contribution in [-0.2, 0) is 5.41 Å². The molecule has 2 rings (SSSR count). The molecule has 0 spiro atoms. The average Bonchev–Trinajstić information content (AvgIpc) is 2.29. The van der Waals surface area contributed by atoms with Gasteiger partial charge in [0.2, 0.25) is 0 Å². The van der Waals surface area contributed by atoms with Crippen LogP contribution in [0.25, 0.3) is 0 Å². The molecule has 0 aromatic carbocycles. The van der Waals surface area contributed by atoms with Crippen LogP contribution in [0.3, 0.4) is 0 Å². The van der Waals surface area contributed by atoms with Gasteiger partial charge in [-0.1, -0.05) is 13.8 Å². The van der Waals surface area contributed by atoms with Crippen molar-refractivity contribution in [3.05, 3.63) is 24.0 Å². The largest absolute Gasteiger partial charge is 0.260 e. The lowest BCUT2D eigenvalue weighted by atomic mass is 9.92. The lowest BCUT2D eigenvalue weighted by molar-refractivity contribution is 0.581. The van der Waals surface area contributed by atoms with Crippen LogP contribution in [0, 0.1) is 0 Å². The summed E-state index contributed by atoms with van der Waals surface area (Å²) in [4.78, 5) is 5.75. The number of thioether (sulfide) groups is 1. The molecular weight excluding hydrogens is 154 g/mol. The average molecular weight is 165 g/mol. The zero-order valence-corrected chi connectivity index (χ0v) is 7.61. The SMILES string of the molecule is CC1(C)CSc2cccnc21. The predicted octanol–water partition coefficient (Wildman–Crippen LogP) is 2.46. The highest BCUT2D eigenvalue weighted by molar-refractivity contribution is 7.99. The van der Waals surface area contributed by atoms with E-state index in [0.717, 1.165) is 0 Å². The Morgan fingerprint density at radius 3 is 3.09 bits per heavy atom. The van der Waals surface area contributed by atoms with E-state index in [1.54, 1.807) is 0 Å². The van der Waals surface area contributed by atoms with Crippen LogP contribution in [0.4, 0.5) is 0 Å². The van der Waals surface area contributed by atoms with Crippen molar-refractivity contribution >= 4 is 11.8 Å². The van der Waals surface area contributed by atoms with Gasteiger partial charge in [-0.2, -0.15) is 0 Å². The summed E-state index contributed by atoms with van der Waals surface area (Å²) in [5, 5.41) is 0. The molecule has 1 nitrogen and oxygen atoms in total. The number of pyridine rings is 1. The van der Waals surface area contributed by atoms with Gasteiger partial charge in [-0.05, 0) is 12.1 Å². The summed E-state index contributed by atoms with van der Waals surface area (Å²) in [5.41, 5.74) is 1.55. The third-order valence-electron chi connectivity index (χ3n) is 2.00. The van der Waals surface area contributed by atoms with Crippen LogP contribution < -0.4 is 0 Å². The first-order chi connectivity index (χ1) is 5.20. The van der Waals surface area contributed by atoms with E-state index >= 15 is 0 Å². The Kier molecular flexibility index (Phi) is 1.46. The van der Waals surface area contributed by atoms with Crippen molar-refractivity contribution in [3.63, 3.8) is 0 Å². The van der Waals surface area contributed by atoms with Gasteiger partial charge in [0.25, 0.3) is 0 Å². The molecule has 2 heterocycles. The third kappa shape index (κ3) is 1.06. The molecule has 0 aliphatic carbocycles. The molecule has 2 heteroatoms. The molecule has 1 aliphatic heterocycles. The van der Waals surface area contributed by atoms with Gasteiger partial charge in [-0.15, -0.1) is 11.8 Å². The molecule has 1 aromatic heterocycles. The van der Waals surface area contributed by atoms with Gasteiger partial charge in [-0.25, -0.2) is 0 Å². The zero-order valence-electron chi connectivity index (χ0n) is 6.79. The molecule has 0 fully saturated rings. The van der Waals surface area contributed by atoms with Crippen molar-refractivity contribution in [2.45, 2.75) is 24.2 Å². The highest BCUT2D eigenvalue weighted by Crippen LogP contribution is 2.41. The van der Waals surface area contributed by atoms with Crippen molar-refractivity contribution in [1.82, 2.24) is 4.98 Å². The zero-order chi connectivity index (χ0) is 7.90. The Labute approximate surface area is 71.2 Å². The minimum Gasteiger partial charge on any atom is -0.260 e. The summed E-state index contributed by atoms with van der Waals surface area (Å²) in [7, 11) is 0. The van der Waals surface area contributed by atoms with Crippen molar-refractivity contribution < 1.29 is 0 Å². The first kappa shape index (κ1) is 7.17. The van der Waals surface area contributed by atoms with Crippen LogP contribution in [-0.4, -0.2) is 10.7 Å². The lowest BCUT2D eigenvalue weighted by Crippen LogP contribution is -2.17. The molecule has 0 N–H and O–H groups in total. The van der Waals surface area contributed by atoms with Gasteiger partial charge >= 0.3 is 0 Å². The van der Waals surface area contributed by atoms with E-state index in [0.29, 0.717) is 0 Å². The van der Waals surface area contributed by atoms with E-state index in [2.05, 4.69) is 24.9 Å². The van der Waals surface area contributed by atoms with Gasteiger partial charge in [-0.3, -0.25) is 4.98 Å². The fourth-order valence-electron chi connectivity index (χ4n) is 1.34. The second-order valence-corrected chi connectivity index (χ2v) is 4.54. The Balaban J connectivity index is 2.56. The summed E-state index contributed by atoms with van der Waals surface area (Å²) >= 11 is 1.91. The van der Waals surface area contributed by atoms with Gasteiger partial charge in [0.1, 0.15) is 0 Å². The molecule has 0 bridgehead atoms. The maximum Gasteiger partial charge on any atom is 0.0603 e. The molecule has 0 saturated carbocycles. The van der Waals surface area contributed by atoms with Crippen LogP contribution in [0.15, 0.2) is 23.2 Å². The number of fused-ring (bicyclic) bond motifs is 1. The molecule has 0 saturated heterocycles. The molecular formula is C9H11NS. The fraction of sp³-hybridized carbons (Fsp3) is 0.444. The smallest absolute Gasteiger partial charge is 0.0603 e. The van der Waals surface area contributed by atoms with E-state index in [-0.39, 0.29) is 5.41 Å². The number of nitrogens with zero attached hydrogens (tertiary/aromatic N) is 1. The van der Waals surface area contributed by atoms with E-state index < -0.39 is 0 Å². The molecule has 0 atom stereocenters. The number of hydrogen-bond donors (Lipinski definition) is 0. The lowest BCUT2D eigenvalue weighted by Gasteiger charge is -2.15.